The molecule has 0 amide bonds. The van der Waals surface area contributed by atoms with Crippen LogP contribution in [0.15, 0.2) is 41.3 Å². The maximum atomic E-state index is 9.17. The second kappa shape index (κ2) is 2.70. The van der Waals surface area contributed by atoms with Crippen molar-refractivity contribution >= 4 is 11.9 Å². The zero-order valence-electron chi connectivity index (χ0n) is 6.36. The summed E-state index contributed by atoms with van der Waals surface area (Å²) in [5.74, 6) is 0.0659. The van der Waals surface area contributed by atoms with E-state index in [4.69, 9.17) is 0 Å². The minimum absolute atomic E-state index is 0.0659. The maximum Gasteiger partial charge on any atom is 0.207 e. The molecule has 0 spiro atoms. The molecule has 1 aromatic rings. The number of aliphatic hydroxyl groups is 1. The van der Waals surface area contributed by atoms with E-state index in [9.17, 15) is 5.11 Å². The zero-order chi connectivity index (χ0) is 8.39. The van der Waals surface area contributed by atoms with Crippen LogP contribution >= 0.6 is 0 Å². The second-order valence-electron chi connectivity index (χ2n) is 2.50. The maximum absolute atomic E-state index is 9.17. The van der Waals surface area contributed by atoms with Gasteiger partial charge in [0.1, 0.15) is 0 Å². The van der Waals surface area contributed by atoms with E-state index in [2.05, 4.69) is 10.3 Å². The number of nitrogens with one attached hydrogen (secondary N) is 1. The molecule has 12 heavy (non-hydrogen) atoms. The lowest BCUT2D eigenvalue weighted by Crippen LogP contribution is -1.98. The predicted octanol–water partition coefficient (Wildman–Crippen LogP) is 1.89. The molecule has 3 heteroatoms. The molecule has 0 fully saturated rings. The summed E-state index contributed by atoms with van der Waals surface area (Å²) in [4.78, 5) is 3.89. The van der Waals surface area contributed by atoms with Crippen LogP contribution in [0.1, 0.15) is 5.56 Å². The molecule has 0 bridgehead atoms. The van der Waals surface area contributed by atoms with Crippen LogP contribution in [-0.4, -0.2) is 11.3 Å². The molecule has 0 aliphatic carbocycles. The third-order valence-electron chi connectivity index (χ3n) is 1.63. The topological polar surface area (TPSA) is 44.6 Å². The Morgan fingerprint density at radius 3 is 3.00 bits per heavy atom. The third kappa shape index (κ3) is 1.16. The summed E-state index contributed by atoms with van der Waals surface area (Å²) >= 11 is 0. The average molecular weight is 160 g/mol. The highest BCUT2D eigenvalue weighted by molar-refractivity contribution is 5.89. The smallest absolute Gasteiger partial charge is 0.207 e. The van der Waals surface area contributed by atoms with Crippen molar-refractivity contribution in [2.45, 2.75) is 0 Å². The lowest BCUT2D eigenvalue weighted by atomic mass is 10.2. The van der Waals surface area contributed by atoms with E-state index in [0.717, 1.165) is 11.3 Å². The van der Waals surface area contributed by atoms with Crippen LogP contribution in [-0.2, 0) is 0 Å². The van der Waals surface area contributed by atoms with E-state index in [-0.39, 0.29) is 5.88 Å². The Kier molecular flexibility index (Phi) is 1.55. The van der Waals surface area contributed by atoms with Crippen molar-refractivity contribution < 1.29 is 5.11 Å². The quantitative estimate of drug-likeness (QED) is 0.608. The fourth-order valence-corrected chi connectivity index (χ4v) is 1.08. The van der Waals surface area contributed by atoms with E-state index in [1.54, 1.807) is 6.21 Å². The van der Waals surface area contributed by atoms with Gasteiger partial charge in [-0.25, -0.2) is 0 Å². The number of para-hydroxylation sites is 1. The van der Waals surface area contributed by atoms with Crippen molar-refractivity contribution in [1.82, 2.24) is 0 Å². The highest BCUT2D eigenvalue weighted by Crippen LogP contribution is 2.16. The van der Waals surface area contributed by atoms with Crippen LogP contribution in [0.4, 0.5) is 5.69 Å². The molecule has 2 rings (SSSR count). The van der Waals surface area contributed by atoms with Crippen LogP contribution in [0.2, 0.25) is 0 Å². The number of nitrogens with zero attached hydrogens (tertiary/aromatic N) is 1. The molecule has 2 N–H and O–H groups in total. The first kappa shape index (κ1) is 6.91. The van der Waals surface area contributed by atoms with Gasteiger partial charge in [0.05, 0.1) is 6.20 Å². The molecule has 1 aliphatic rings. The van der Waals surface area contributed by atoms with Gasteiger partial charge in [-0.1, -0.05) is 18.2 Å². The first-order valence-electron chi connectivity index (χ1n) is 3.64. The van der Waals surface area contributed by atoms with Gasteiger partial charge in [-0.05, 0) is 6.07 Å². The van der Waals surface area contributed by atoms with Crippen LogP contribution < -0.4 is 5.32 Å². The molecule has 0 radical (unpaired) electrons. The van der Waals surface area contributed by atoms with Crippen LogP contribution in [0.3, 0.4) is 0 Å². The van der Waals surface area contributed by atoms with Crippen LogP contribution in [0.5, 0.6) is 0 Å². The monoisotopic (exact) mass is 160 g/mol. The van der Waals surface area contributed by atoms with Gasteiger partial charge >= 0.3 is 0 Å². The Morgan fingerprint density at radius 2 is 2.08 bits per heavy atom. The molecule has 0 atom stereocenters. The minimum atomic E-state index is 0.0659. The molecular weight excluding hydrogens is 152 g/mol. The predicted molar refractivity (Wildman–Crippen MR) is 48.4 cm³/mol. The van der Waals surface area contributed by atoms with Gasteiger partial charge in [-0.3, -0.25) is 4.99 Å². The summed E-state index contributed by atoms with van der Waals surface area (Å²) in [7, 11) is 0. The highest BCUT2D eigenvalue weighted by atomic mass is 16.3. The second-order valence-corrected chi connectivity index (χ2v) is 2.50. The molecule has 60 valence electrons. The molecule has 0 aromatic heterocycles. The van der Waals surface area contributed by atoms with Gasteiger partial charge in [0, 0.05) is 17.5 Å². The zero-order valence-corrected chi connectivity index (χ0v) is 6.36. The fraction of sp³-hybridized carbons (Fsp3) is 0. The molecular formula is C9H8N2O. The van der Waals surface area contributed by atoms with E-state index in [0.29, 0.717) is 0 Å². The normalized spacial score (nSPS) is 14.2. The summed E-state index contributed by atoms with van der Waals surface area (Å²) < 4.78 is 0. The number of aliphatic imine (C=N–C) groups is 1. The van der Waals surface area contributed by atoms with Crippen molar-refractivity contribution in [2.75, 3.05) is 5.32 Å². The van der Waals surface area contributed by atoms with Gasteiger partial charge in [0.25, 0.3) is 0 Å². The number of benzene rings is 1. The van der Waals surface area contributed by atoms with Crippen LogP contribution in [0.25, 0.3) is 0 Å². The molecule has 1 aromatic carbocycles. The van der Waals surface area contributed by atoms with Gasteiger partial charge in [0.15, 0.2) is 0 Å². The summed E-state index contributed by atoms with van der Waals surface area (Å²) in [6, 6.07) is 7.64. The van der Waals surface area contributed by atoms with Gasteiger partial charge in [-0.2, -0.15) is 0 Å². The summed E-state index contributed by atoms with van der Waals surface area (Å²) in [5, 5.41) is 12.0. The Hall–Kier alpha value is -1.77. The third-order valence-corrected chi connectivity index (χ3v) is 1.63. The Balaban J connectivity index is 2.49. The number of hydrogen-bond acceptors (Lipinski definition) is 3. The Morgan fingerprint density at radius 1 is 1.25 bits per heavy atom. The average Bonchev–Trinajstić information content (AvgIpc) is 2.25. The number of anilines is 1. The van der Waals surface area contributed by atoms with E-state index in [1.165, 1.54) is 6.20 Å². The number of aliphatic hydroxyl groups excluding tert-OH is 1. The molecule has 0 saturated carbocycles. The van der Waals surface area contributed by atoms with Crippen LogP contribution in [0, 0.1) is 0 Å². The SMILES string of the molecule is OC1=CN=Cc2ccccc2N1. The summed E-state index contributed by atoms with van der Waals surface area (Å²) in [5.41, 5.74) is 1.84. The van der Waals surface area contributed by atoms with Crippen molar-refractivity contribution in [1.29, 1.82) is 0 Å². The number of rotatable bonds is 0. The molecule has 1 aliphatic heterocycles. The van der Waals surface area contributed by atoms with Gasteiger partial charge in [-0.15, -0.1) is 0 Å². The highest BCUT2D eigenvalue weighted by Gasteiger charge is 2.02. The van der Waals surface area contributed by atoms with Crippen molar-refractivity contribution in [3.63, 3.8) is 0 Å². The van der Waals surface area contributed by atoms with Crippen molar-refractivity contribution in [2.24, 2.45) is 4.99 Å². The van der Waals surface area contributed by atoms with E-state index < -0.39 is 0 Å². The Bertz CT molecular complexity index is 355. The molecule has 1 heterocycles. The largest absolute Gasteiger partial charge is 0.493 e. The standard InChI is InChI=1S/C9H8N2O/c12-9-6-10-5-7-3-1-2-4-8(7)11-9/h1-6,11-12H. The first-order chi connectivity index (χ1) is 5.86. The first-order valence-corrected chi connectivity index (χ1v) is 3.64. The van der Waals surface area contributed by atoms with Gasteiger partial charge in [0.2, 0.25) is 5.88 Å². The number of fused-ring (bicyclic) bond motifs is 1. The van der Waals surface area contributed by atoms with Crippen molar-refractivity contribution in [3.05, 3.63) is 41.9 Å². The van der Waals surface area contributed by atoms with E-state index >= 15 is 0 Å². The summed E-state index contributed by atoms with van der Waals surface area (Å²) in [6.07, 6.45) is 3.07. The van der Waals surface area contributed by atoms with E-state index in [1.807, 2.05) is 24.3 Å². The molecule has 0 unspecified atom stereocenters. The Labute approximate surface area is 70.1 Å². The summed E-state index contributed by atoms with van der Waals surface area (Å²) in [6.45, 7) is 0. The molecule has 0 saturated heterocycles. The molecule has 3 nitrogen and oxygen atoms in total. The lowest BCUT2D eigenvalue weighted by molar-refractivity contribution is 0.418. The number of hydrogen-bond donors (Lipinski definition) is 2. The van der Waals surface area contributed by atoms with Gasteiger partial charge < -0.3 is 10.4 Å². The van der Waals surface area contributed by atoms with Crippen molar-refractivity contribution in [3.8, 4) is 0 Å². The fourth-order valence-electron chi connectivity index (χ4n) is 1.08. The lowest BCUT2D eigenvalue weighted by Gasteiger charge is -2.04. The minimum Gasteiger partial charge on any atom is -0.493 e.